The van der Waals surface area contributed by atoms with E-state index in [9.17, 15) is 17.6 Å². The molecule has 0 fully saturated rings. The van der Waals surface area contributed by atoms with E-state index >= 15 is 0 Å². The molecule has 1 aromatic carbocycles. The van der Waals surface area contributed by atoms with Crippen molar-refractivity contribution >= 4 is 11.6 Å². The van der Waals surface area contributed by atoms with E-state index in [2.05, 4.69) is 4.74 Å². The molecular formula is C11H11ClF4O. The molecule has 6 heteroatoms. The van der Waals surface area contributed by atoms with Crippen LogP contribution >= 0.6 is 11.6 Å². The standard InChI is InChI=1S/C11H11ClF4O/c12-5-9(6-17-7-11(14,15)16)8-2-1-3-10(13)4-8/h1-4,9H,5-7H2. The van der Waals surface area contributed by atoms with Crippen molar-refractivity contribution in [3.05, 3.63) is 35.6 Å². The van der Waals surface area contributed by atoms with Gasteiger partial charge in [0, 0.05) is 11.8 Å². The number of hydrogen-bond acceptors (Lipinski definition) is 1. The third-order valence-corrected chi connectivity index (χ3v) is 2.46. The maximum absolute atomic E-state index is 12.9. The van der Waals surface area contributed by atoms with Crippen LogP contribution in [-0.4, -0.2) is 25.3 Å². The number of hydrogen-bond donors (Lipinski definition) is 0. The van der Waals surface area contributed by atoms with Gasteiger partial charge in [0.05, 0.1) is 6.61 Å². The van der Waals surface area contributed by atoms with Crippen molar-refractivity contribution in [1.82, 2.24) is 0 Å². The molecule has 1 unspecified atom stereocenters. The molecule has 17 heavy (non-hydrogen) atoms. The highest BCUT2D eigenvalue weighted by Crippen LogP contribution is 2.21. The summed E-state index contributed by atoms with van der Waals surface area (Å²) < 4.78 is 53.0. The Balaban J connectivity index is 2.54. The van der Waals surface area contributed by atoms with Crippen LogP contribution in [0.15, 0.2) is 24.3 Å². The van der Waals surface area contributed by atoms with Crippen LogP contribution in [0.4, 0.5) is 17.6 Å². The number of benzene rings is 1. The Bertz CT molecular complexity index is 354. The predicted molar refractivity (Wildman–Crippen MR) is 56.7 cm³/mol. The molecule has 0 heterocycles. The summed E-state index contributed by atoms with van der Waals surface area (Å²) in [6, 6.07) is 5.58. The lowest BCUT2D eigenvalue weighted by molar-refractivity contribution is -0.174. The lowest BCUT2D eigenvalue weighted by Gasteiger charge is -2.15. The smallest absolute Gasteiger partial charge is 0.371 e. The molecule has 0 N–H and O–H groups in total. The Morgan fingerprint density at radius 3 is 2.53 bits per heavy atom. The fourth-order valence-corrected chi connectivity index (χ4v) is 1.57. The second-order valence-electron chi connectivity index (χ2n) is 3.54. The summed E-state index contributed by atoms with van der Waals surface area (Å²) >= 11 is 5.62. The van der Waals surface area contributed by atoms with E-state index in [-0.39, 0.29) is 12.5 Å². The van der Waals surface area contributed by atoms with Gasteiger partial charge in [-0.3, -0.25) is 0 Å². The highest BCUT2D eigenvalue weighted by molar-refractivity contribution is 6.18. The van der Waals surface area contributed by atoms with Crippen LogP contribution in [0.25, 0.3) is 0 Å². The van der Waals surface area contributed by atoms with Crippen LogP contribution in [0.5, 0.6) is 0 Å². The molecule has 1 nitrogen and oxygen atoms in total. The molecule has 0 saturated heterocycles. The average molecular weight is 271 g/mol. The van der Waals surface area contributed by atoms with Gasteiger partial charge >= 0.3 is 6.18 Å². The van der Waals surface area contributed by atoms with E-state index in [4.69, 9.17) is 11.6 Å². The molecule has 0 aliphatic carbocycles. The topological polar surface area (TPSA) is 9.23 Å². The first-order valence-corrected chi connectivity index (χ1v) is 5.42. The molecule has 0 aliphatic rings. The van der Waals surface area contributed by atoms with Gasteiger partial charge in [-0.25, -0.2) is 4.39 Å². The van der Waals surface area contributed by atoms with Crippen molar-refractivity contribution in [3.8, 4) is 0 Å². The largest absolute Gasteiger partial charge is 0.411 e. The van der Waals surface area contributed by atoms with Gasteiger partial charge < -0.3 is 4.74 Å². The Morgan fingerprint density at radius 2 is 2.00 bits per heavy atom. The van der Waals surface area contributed by atoms with Gasteiger partial charge in [0.1, 0.15) is 12.4 Å². The van der Waals surface area contributed by atoms with Gasteiger partial charge in [-0.1, -0.05) is 12.1 Å². The minimum atomic E-state index is -4.36. The quantitative estimate of drug-likeness (QED) is 0.585. The van der Waals surface area contributed by atoms with Crippen molar-refractivity contribution < 1.29 is 22.3 Å². The Labute approximate surface area is 101 Å². The monoisotopic (exact) mass is 270 g/mol. The number of alkyl halides is 4. The zero-order valence-corrected chi connectivity index (χ0v) is 9.56. The Kier molecular flexibility index (Phi) is 5.21. The molecule has 0 aliphatic heterocycles. The second kappa shape index (κ2) is 6.21. The van der Waals surface area contributed by atoms with Gasteiger partial charge in [-0.15, -0.1) is 11.6 Å². The Morgan fingerprint density at radius 1 is 1.29 bits per heavy atom. The highest BCUT2D eigenvalue weighted by Gasteiger charge is 2.28. The van der Waals surface area contributed by atoms with Gasteiger partial charge in [-0.05, 0) is 17.7 Å². The summed E-state index contributed by atoms with van der Waals surface area (Å²) in [6.07, 6.45) is -4.36. The average Bonchev–Trinajstić information content (AvgIpc) is 2.23. The van der Waals surface area contributed by atoms with E-state index < -0.39 is 24.5 Å². The van der Waals surface area contributed by atoms with E-state index in [1.807, 2.05) is 0 Å². The molecule has 0 bridgehead atoms. The summed E-state index contributed by atoms with van der Waals surface area (Å²) in [6.45, 7) is -1.51. The van der Waals surface area contributed by atoms with Gasteiger partial charge in [0.2, 0.25) is 0 Å². The summed E-state index contributed by atoms with van der Waals surface area (Å²) in [5.41, 5.74) is 0.530. The zero-order chi connectivity index (χ0) is 12.9. The SMILES string of the molecule is Fc1cccc(C(CCl)COCC(F)(F)F)c1. The normalized spacial score (nSPS) is 13.7. The molecule has 0 aromatic heterocycles. The van der Waals surface area contributed by atoms with Crippen LogP contribution in [0.1, 0.15) is 11.5 Å². The number of ether oxygens (including phenoxy) is 1. The van der Waals surface area contributed by atoms with Crippen molar-refractivity contribution in [2.75, 3.05) is 19.1 Å². The van der Waals surface area contributed by atoms with Gasteiger partial charge in [0.15, 0.2) is 0 Å². The minimum absolute atomic E-state index is 0.0707. The Hall–Kier alpha value is -0.810. The first-order chi connectivity index (χ1) is 7.92. The molecule has 0 spiro atoms. The first-order valence-electron chi connectivity index (χ1n) is 4.88. The third-order valence-electron chi connectivity index (χ3n) is 2.09. The summed E-state index contributed by atoms with van der Waals surface area (Å²) in [7, 11) is 0. The van der Waals surface area contributed by atoms with Gasteiger partial charge in [-0.2, -0.15) is 13.2 Å². The highest BCUT2D eigenvalue weighted by atomic mass is 35.5. The zero-order valence-electron chi connectivity index (χ0n) is 8.81. The minimum Gasteiger partial charge on any atom is -0.371 e. The summed E-state index contributed by atoms with van der Waals surface area (Å²) in [4.78, 5) is 0. The van der Waals surface area contributed by atoms with Crippen LogP contribution in [0.3, 0.4) is 0 Å². The van der Waals surface area contributed by atoms with Crippen LogP contribution in [0.2, 0.25) is 0 Å². The third kappa shape index (κ3) is 5.37. The fraction of sp³-hybridized carbons (Fsp3) is 0.455. The molecular weight excluding hydrogens is 260 g/mol. The maximum Gasteiger partial charge on any atom is 0.411 e. The van der Waals surface area contributed by atoms with E-state index in [0.29, 0.717) is 5.56 Å². The summed E-state index contributed by atoms with van der Waals surface area (Å²) in [5.74, 6) is -0.829. The molecule has 0 saturated carbocycles. The van der Waals surface area contributed by atoms with E-state index in [1.165, 1.54) is 18.2 Å². The van der Waals surface area contributed by atoms with Gasteiger partial charge in [0.25, 0.3) is 0 Å². The van der Waals surface area contributed by atoms with Crippen LogP contribution in [0, 0.1) is 5.82 Å². The molecule has 96 valence electrons. The van der Waals surface area contributed by atoms with E-state index in [1.54, 1.807) is 6.07 Å². The first kappa shape index (κ1) is 14.3. The second-order valence-corrected chi connectivity index (χ2v) is 3.85. The van der Waals surface area contributed by atoms with Crippen molar-refractivity contribution in [1.29, 1.82) is 0 Å². The van der Waals surface area contributed by atoms with Crippen LogP contribution in [-0.2, 0) is 4.74 Å². The lowest BCUT2D eigenvalue weighted by Crippen LogP contribution is -2.20. The number of rotatable bonds is 5. The molecule has 1 aromatic rings. The maximum atomic E-state index is 12.9. The van der Waals surface area contributed by atoms with Crippen LogP contribution < -0.4 is 0 Å². The predicted octanol–water partition coefficient (Wildman–Crippen LogP) is 3.73. The summed E-state index contributed by atoms with van der Waals surface area (Å²) in [5, 5.41) is 0. The molecule has 0 amide bonds. The fourth-order valence-electron chi connectivity index (χ4n) is 1.31. The van der Waals surface area contributed by atoms with Crippen molar-refractivity contribution in [2.45, 2.75) is 12.1 Å². The molecule has 1 rings (SSSR count). The van der Waals surface area contributed by atoms with E-state index in [0.717, 1.165) is 0 Å². The van der Waals surface area contributed by atoms with Crippen molar-refractivity contribution in [2.24, 2.45) is 0 Å². The molecule has 0 radical (unpaired) electrons. The molecule has 1 atom stereocenters. The van der Waals surface area contributed by atoms with Crippen molar-refractivity contribution in [3.63, 3.8) is 0 Å². The lowest BCUT2D eigenvalue weighted by atomic mass is 10.0. The number of halogens is 5.